The van der Waals surface area contributed by atoms with Gasteiger partial charge in [-0.3, -0.25) is 0 Å². The van der Waals surface area contributed by atoms with E-state index < -0.39 is 0 Å². The molecular weight excluding hydrogens is 232 g/mol. The van der Waals surface area contributed by atoms with Gasteiger partial charge in [0, 0.05) is 0 Å². The Morgan fingerprint density at radius 2 is 1.09 bits per heavy atom. The van der Waals surface area contributed by atoms with E-state index >= 15 is 0 Å². The molecule has 1 rings (SSSR count). The van der Waals surface area contributed by atoms with Crippen molar-refractivity contribution in [3.05, 3.63) is 35.1 Å². The van der Waals surface area contributed by atoms with Gasteiger partial charge in [0.25, 0.3) is 0 Å². The Hall–Kier alpha value is 0.970. The second kappa shape index (κ2) is 7.61. The first-order valence-electron chi connectivity index (χ1n) is 2.80. The van der Waals surface area contributed by atoms with Crippen LogP contribution in [0.5, 0.6) is 0 Å². The van der Waals surface area contributed by atoms with Crippen LogP contribution >= 0.6 is 51.1 Å². The third-order valence-electron chi connectivity index (χ3n) is 0.736. The number of hydrogen-bond donors (Lipinski definition) is 0. The van der Waals surface area contributed by atoms with Crippen molar-refractivity contribution in [2.24, 2.45) is 0 Å². The molecule has 0 aromatic heterocycles. The fourth-order valence-corrected chi connectivity index (χ4v) is 7.56. The molecule has 0 nitrogen and oxygen atoms in total. The van der Waals surface area contributed by atoms with E-state index in [0.717, 1.165) is 0 Å². The minimum atomic E-state index is 1.75. The topological polar surface area (TPSA) is 0 Å². The van der Waals surface area contributed by atoms with Gasteiger partial charge in [-0.25, -0.2) is 0 Å². The van der Waals surface area contributed by atoms with E-state index in [1.807, 2.05) is 24.3 Å². The summed E-state index contributed by atoms with van der Waals surface area (Å²) in [5.41, 5.74) is 0. The molecule has 0 saturated heterocycles. The Morgan fingerprint density at radius 3 is 1.64 bits per heavy atom. The fourth-order valence-electron chi connectivity index (χ4n) is 0.372. The molecular formula is C6H6S5. The highest BCUT2D eigenvalue weighted by molar-refractivity contribution is 9.36. The standard InChI is InChI=1S/C6H6S5/c1-2-4-6-8-10-11-9-7-5-3-1/h1-6H. The van der Waals surface area contributed by atoms with Crippen LogP contribution < -0.4 is 0 Å². The number of hydrogen-bond acceptors (Lipinski definition) is 5. The van der Waals surface area contributed by atoms with Crippen molar-refractivity contribution in [2.75, 3.05) is 0 Å². The SMILES string of the molecule is C1=CC=CSSSSSC=C1. The van der Waals surface area contributed by atoms with Gasteiger partial charge in [0.2, 0.25) is 0 Å². The Kier molecular flexibility index (Phi) is 6.96. The fraction of sp³-hybridized carbons (Fsp3) is 0. The molecule has 0 N–H and O–H groups in total. The van der Waals surface area contributed by atoms with Crippen LogP contribution in [0.3, 0.4) is 0 Å². The molecule has 0 atom stereocenters. The minimum Gasteiger partial charge on any atom is -0.0617 e. The third-order valence-corrected chi connectivity index (χ3v) is 8.43. The summed E-state index contributed by atoms with van der Waals surface area (Å²) in [7, 11) is 8.85. The van der Waals surface area contributed by atoms with Crippen LogP contribution in [0, 0.1) is 0 Å². The molecule has 0 amide bonds. The van der Waals surface area contributed by atoms with E-state index in [1.165, 1.54) is 0 Å². The van der Waals surface area contributed by atoms with Gasteiger partial charge in [0.1, 0.15) is 0 Å². The Bertz CT molecular complexity index is 154. The van der Waals surface area contributed by atoms with E-state index in [0.29, 0.717) is 0 Å². The molecule has 0 spiro atoms. The maximum Gasteiger partial charge on any atom is -0.00107 e. The van der Waals surface area contributed by atoms with Crippen molar-refractivity contribution in [3.8, 4) is 0 Å². The zero-order valence-electron chi connectivity index (χ0n) is 5.51. The lowest BCUT2D eigenvalue weighted by molar-refractivity contribution is 1.96. The second-order valence-corrected chi connectivity index (χ2v) is 8.83. The van der Waals surface area contributed by atoms with Gasteiger partial charge in [0.05, 0.1) is 0 Å². The molecule has 0 aromatic rings. The summed E-state index contributed by atoms with van der Waals surface area (Å²) in [5, 5.41) is 4.16. The van der Waals surface area contributed by atoms with Gasteiger partial charge in [-0.15, -0.1) is 0 Å². The van der Waals surface area contributed by atoms with Crippen molar-refractivity contribution in [1.82, 2.24) is 0 Å². The molecule has 11 heavy (non-hydrogen) atoms. The molecule has 0 aliphatic carbocycles. The Morgan fingerprint density at radius 1 is 0.545 bits per heavy atom. The van der Waals surface area contributed by atoms with Gasteiger partial charge < -0.3 is 0 Å². The maximum atomic E-state index is 2.08. The first kappa shape index (κ1) is 10.1. The van der Waals surface area contributed by atoms with Crippen LogP contribution in [0.25, 0.3) is 0 Å². The lowest BCUT2D eigenvalue weighted by atomic mass is 10.5. The summed E-state index contributed by atoms with van der Waals surface area (Å²) in [4.78, 5) is 0. The monoisotopic (exact) mass is 238 g/mol. The van der Waals surface area contributed by atoms with Crippen molar-refractivity contribution < 1.29 is 0 Å². The summed E-state index contributed by atoms with van der Waals surface area (Å²) in [6, 6.07) is 0. The Balaban J connectivity index is 2.36. The molecule has 0 unspecified atom stereocenters. The average Bonchev–Trinajstić information content (AvgIpc) is 2.08. The van der Waals surface area contributed by atoms with Crippen LogP contribution in [0.1, 0.15) is 0 Å². The van der Waals surface area contributed by atoms with Gasteiger partial charge in [-0.1, -0.05) is 45.9 Å². The zero-order chi connectivity index (χ0) is 7.78. The predicted octanol–water partition coefficient (Wildman–Crippen LogP) is 4.91. The normalized spacial score (nSPS) is 19.6. The Labute approximate surface area is 85.7 Å². The molecule has 0 bridgehead atoms. The minimum absolute atomic E-state index is 1.75. The first-order chi connectivity index (χ1) is 5.50. The molecule has 1 aliphatic rings. The smallest absolute Gasteiger partial charge is 0.00107 e. The highest BCUT2D eigenvalue weighted by Gasteiger charge is 1.88. The van der Waals surface area contributed by atoms with Gasteiger partial charge >= 0.3 is 0 Å². The summed E-state index contributed by atoms with van der Waals surface area (Å²) >= 11 is 0. The molecule has 5 heteroatoms. The van der Waals surface area contributed by atoms with Crippen LogP contribution in [0.15, 0.2) is 35.1 Å². The lowest BCUT2D eigenvalue weighted by Crippen LogP contribution is -1.45. The highest BCUT2D eigenvalue weighted by atomic mass is 33.8. The highest BCUT2D eigenvalue weighted by Crippen LogP contribution is 2.49. The van der Waals surface area contributed by atoms with Crippen molar-refractivity contribution in [2.45, 2.75) is 0 Å². The number of allylic oxidation sites excluding steroid dienone is 4. The van der Waals surface area contributed by atoms with Gasteiger partial charge in [-0.2, -0.15) is 0 Å². The van der Waals surface area contributed by atoms with E-state index in [-0.39, 0.29) is 0 Å². The predicted molar refractivity (Wildman–Crippen MR) is 65.4 cm³/mol. The van der Waals surface area contributed by atoms with Crippen molar-refractivity contribution >= 4 is 51.1 Å². The second-order valence-electron chi connectivity index (χ2n) is 1.44. The summed E-state index contributed by atoms with van der Waals surface area (Å²) in [6.45, 7) is 0. The van der Waals surface area contributed by atoms with Crippen molar-refractivity contribution in [1.29, 1.82) is 0 Å². The summed E-state index contributed by atoms with van der Waals surface area (Å²) < 4.78 is 0. The van der Waals surface area contributed by atoms with Crippen LogP contribution in [-0.2, 0) is 0 Å². The third kappa shape index (κ3) is 6.16. The van der Waals surface area contributed by atoms with Gasteiger partial charge in [-0.05, 0) is 40.3 Å². The van der Waals surface area contributed by atoms with E-state index in [1.54, 1.807) is 51.1 Å². The molecule has 0 fully saturated rings. The molecule has 0 saturated carbocycles. The van der Waals surface area contributed by atoms with Crippen LogP contribution in [-0.4, -0.2) is 0 Å². The maximum absolute atomic E-state index is 2.08. The molecule has 60 valence electrons. The average molecular weight is 238 g/mol. The van der Waals surface area contributed by atoms with E-state index in [9.17, 15) is 0 Å². The van der Waals surface area contributed by atoms with Crippen LogP contribution in [0.2, 0.25) is 0 Å². The largest absolute Gasteiger partial charge is 0.0617 e. The van der Waals surface area contributed by atoms with E-state index in [4.69, 9.17) is 0 Å². The number of rotatable bonds is 0. The molecule has 1 aliphatic heterocycles. The zero-order valence-corrected chi connectivity index (χ0v) is 9.59. The first-order valence-corrected chi connectivity index (χ1v) is 9.08. The quantitative estimate of drug-likeness (QED) is 0.548. The molecule has 1 heterocycles. The summed E-state index contributed by atoms with van der Waals surface area (Å²) in [5.74, 6) is 0. The van der Waals surface area contributed by atoms with E-state index in [2.05, 4.69) is 10.8 Å². The van der Waals surface area contributed by atoms with Gasteiger partial charge in [0.15, 0.2) is 0 Å². The van der Waals surface area contributed by atoms with Crippen LogP contribution in [0.4, 0.5) is 0 Å². The van der Waals surface area contributed by atoms with Crippen molar-refractivity contribution in [3.63, 3.8) is 0 Å². The molecule has 0 aromatic carbocycles. The lowest BCUT2D eigenvalue weighted by Gasteiger charge is -1.90. The summed E-state index contributed by atoms with van der Waals surface area (Å²) in [6.07, 6.45) is 8.16. The molecule has 0 radical (unpaired) electrons.